The summed E-state index contributed by atoms with van der Waals surface area (Å²) in [5.74, 6) is 1.28. The summed E-state index contributed by atoms with van der Waals surface area (Å²) in [7, 11) is 0. The fourth-order valence-corrected chi connectivity index (χ4v) is 2.81. The van der Waals surface area contributed by atoms with E-state index < -0.39 is 0 Å². The molecule has 1 aliphatic rings. The van der Waals surface area contributed by atoms with Crippen LogP contribution in [0.5, 0.6) is 0 Å². The number of amides is 1. The minimum absolute atomic E-state index is 0.183. The number of aryl methyl sites for hydroxylation is 2. The lowest BCUT2D eigenvalue weighted by molar-refractivity contribution is 0.0529. The topological polar surface area (TPSA) is 80.5 Å². The van der Waals surface area contributed by atoms with Gasteiger partial charge in [0.2, 0.25) is 0 Å². The Morgan fingerprint density at radius 2 is 2.25 bits per heavy atom. The molecule has 2 aromatic heterocycles. The molecule has 0 spiro atoms. The van der Waals surface area contributed by atoms with E-state index in [1.54, 1.807) is 20.0 Å². The molecule has 0 unspecified atom stereocenters. The Kier molecular flexibility index (Phi) is 4.80. The minimum Gasteiger partial charge on any atom is -0.375 e. The normalized spacial score (nSPS) is 17.8. The molecule has 1 saturated heterocycles. The van der Waals surface area contributed by atoms with Crippen LogP contribution >= 0.6 is 0 Å². The molecule has 7 nitrogen and oxygen atoms in total. The van der Waals surface area contributed by atoms with Gasteiger partial charge in [-0.05, 0) is 32.4 Å². The van der Waals surface area contributed by atoms with Crippen LogP contribution in [-0.4, -0.2) is 41.8 Å². The summed E-state index contributed by atoms with van der Waals surface area (Å²) >= 11 is 0. The van der Waals surface area contributed by atoms with Gasteiger partial charge in [-0.15, -0.1) is 0 Å². The summed E-state index contributed by atoms with van der Waals surface area (Å²) in [4.78, 5) is 18.9. The van der Waals surface area contributed by atoms with Gasteiger partial charge in [-0.1, -0.05) is 11.2 Å². The molecule has 0 aliphatic carbocycles. The Morgan fingerprint density at radius 3 is 2.88 bits per heavy atom. The highest BCUT2D eigenvalue weighted by Gasteiger charge is 2.19. The zero-order chi connectivity index (χ0) is 17.1. The molecule has 0 saturated carbocycles. The van der Waals surface area contributed by atoms with Gasteiger partial charge in [-0.25, -0.2) is 4.98 Å². The van der Waals surface area contributed by atoms with E-state index in [9.17, 15) is 4.79 Å². The number of pyridine rings is 1. The second kappa shape index (κ2) is 7.00. The van der Waals surface area contributed by atoms with Crippen LogP contribution in [0.3, 0.4) is 0 Å². The Hall–Kier alpha value is -2.41. The Morgan fingerprint density at radius 1 is 1.42 bits per heavy atom. The van der Waals surface area contributed by atoms with E-state index in [1.807, 2.05) is 12.1 Å². The standard InChI is InChI=1S/C17H22N4O3/c1-11-10-21(6-7-23-11)15-5-4-14(8-18-15)9-19-17(22)16-12(2)20-24-13(16)3/h4-5,8,11H,6-7,9-10H2,1-3H3,(H,19,22)/t11-/m1/s1. The van der Waals surface area contributed by atoms with Crippen molar-refractivity contribution < 1.29 is 14.1 Å². The average molecular weight is 330 g/mol. The number of morpholine rings is 1. The monoisotopic (exact) mass is 330 g/mol. The quantitative estimate of drug-likeness (QED) is 0.921. The molecule has 1 atom stereocenters. The van der Waals surface area contributed by atoms with E-state index in [0.29, 0.717) is 23.6 Å². The van der Waals surface area contributed by atoms with Gasteiger partial charge in [-0.2, -0.15) is 0 Å². The van der Waals surface area contributed by atoms with Crippen LogP contribution < -0.4 is 10.2 Å². The molecule has 0 radical (unpaired) electrons. The number of nitrogens with zero attached hydrogens (tertiary/aromatic N) is 3. The molecule has 1 amide bonds. The van der Waals surface area contributed by atoms with E-state index in [-0.39, 0.29) is 12.0 Å². The van der Waals surface area contributed by atoms with Gasteiger partial charge in [0.1, 0.15) is 17.1 Å². The lowest BCUT2D eigenvalue weighted by Crippen LogP contribution is -2.41. The summed E-state index contributed by atoms with van der Waals surface area (Å²) in [5, 5.41) is 6.67. The van der Waals surface area contributed by atoms with Crippen molar-refractivity contribution in [2.75, 3.05) is 24.6 Å². The molecule has 1 aliphatic heterocycles. The average Bonchev–Trinajstić information content (AvgIpc) is 2.92. The van der Waals surface area contributed by atoms with Crippen molar-refractivity contribution in [2.24, 2.45) is 0 Å². The lowest BCUT2D eigenvalue weighted by atomic mass is 10.2. The van der Waals surface area contributed by atoms with Crippen molar-refractivity contribution in [3.63, 3.8) is 0 Å². The predicted octanol–water partition coefficient (Wildman–Crippen LogP) is 1.84. The Balaban J connectivity index is 1.59. The van der Waals surface area contributed by atoms with Gasteiger partial charge < -0.3 is 19.5 Å². The summed E-state index contributed by atoms with van der Waals surface area (Å²) in [6.45, 7) is 8.37. The van der Waals surface area contributed by atoms with E-state index in [4.69, 9.17) is 9.26 Å². The number of carbonyl (C=O) groups is 1. The van der Waals surface area contributed by atoms with Gasteiger partial charge in [0.15, 0.2) is 0 Å². The van der Waals surface area contributed by atoms with Crippen molar-refractivity contribution >= 4 is 11.7 Å². The molecule has 24 heavy (non-hydrogen) atoms. The largest absolute Gasteiger partial charge is 0.375 e. The molecule has 3 heterocycles. The summed E-state index contributed by atoms with van der Waals surface area (Å²) < 4.78 is 10.6. The van der Waals surface area contributed by atoms with E-state index >= 15 is 0 Å². The maximum Gasteiger partial charge on any atom is 0.257 e. The highest BCUT2D eigenvalue weighted by Crippen LogP contribution is 2.16. The smallest absolute Gasteiger partial charge is 0.257 e. The second-order valence-corrected chi connectivity index (χ2v) is 6.03. The van der Waals surface area contributed by atoms with Crippen LogP contribution in [0.4, 0.5) is 5.82 Å². The second-order valence-electron chi connectivity index (χ2n) is 6.03. The first-order chi connectivity index (χ1) is 11.5. The molecule has 3 rings (SSSR count). The van der Waals surface area contributed by atoms with Crippen LogP contribution in [0, 0.1) is 13.8 Å². The first-order valence-corrected chi connectivity index (χ1v) is 8.07. The fraction of sp³-hybridized carbons (Fsp3) is 0.471. The summed E-state index contributed by atoms with van der Waals surface area (Å²) in [5.41, 5.74) is 2.04. The van der Waals surface area contributed by atoms with E-state index in [2.05, 4.69) is 27.3 Å². The summed E-state index contributed by atoms with van der Waals surface area (Å²) in [6.07, 6.45) is 2.01. The van der Waals surface area contributed by atoms with Gasteiger partial charge >= 0.3 is 0 Å². The SMILES string of the molecule is Cc1noc(C)c1C(=O)NCc1ccc(N2CCO[C@H](C)C2)nc1. The van der Waals surface area contributed by atoms with Crippen molar-refractivity contribution in [1.82, 2.24) is 15.5 Å². The first kappa shape index (κ1) is 16.4. The third kappa shape index (κ3) is 3.56. The Bertz CT molecular complexity index is 692. The molecular formula is C17H22N4O3. The van der Waals surface area contributed by atoms with Gasteiger partial charge in [0, 0.05) is 25.8 Å². The van der Waals surface area contributed by atoms with Gasteiger partial charge in [0.05, 0.1) is 18.4 Å². The van der Waals surface area contributed by atoms with Gasteiger partial charge in [0.25, 0.3) is 5.91 Å². The minimum atomic E-state index is -0.183. The molecule has 128 valence electrons. The van der Waals surface area contributed by atoms with Crippen LogP contribution in [0.2, 0.25) is 0 Å². The van der Waals surface area contributed by atoms with Crippen molar-refractivity contribution in [3.8, 4) is 0 Å². The molecule has 1 fully saturated rings. The third-order valence-electron chi connectivity index (χ3n) is 4.09. The number of hydrogen-bond donors (Lipinski definition) is 1. The maximum atomic E-state index is 12.2. The van der Waals surface area contributed by atoms with Crippen molar-refractivity contribution in [2.45, 2.75) is 33.4 Å². The Labute approximate surface area is 141 Å². The lowest BCUT2D eigenvalue weighted by Gasteiger charge is -2.32. The highest BCUT2D eigenvalue weighted by molar-refractivity contribution is 5.96. The fourth-order valence-electron chi connectivity index (χ4n) is 2.81. The number of hydrogen-bond acceptors (Lipinski definition) is 6. The zero-order valence-electron chi connectivity index (χ0n) is 14.2. The van der Waals surface area contributed by atoms with E-state index in [1.165, 1.54) is 0 Å². The van der Waals surface area contributed by atoms with E-state index in [0.717, 1.165) is 31.1 Å². The maximum absolute atomic E-state index is 12.2. The predicted molar refractivity (Wildman–Crippen MR) is 89.0 cm³/mol. The third-order valence-corrected chi connectivity index (χ3v) is 4.09. The van der Waals surface area contributed by atoms with Crippen LogP contribution in [0.15, 0.2) is 22.9 Å². The number of anilines is 1. The van der Waals surface area contributed by atoms with Crippen molar-refractivity contribution in [3.05, 3.63) is 40.9 Å². The number of rotatable bonds is 4. The number of ether oxygens (including phenoxy) is 1. The molecule has 7 heteroatoms. The number of nitrogens with one attached hydrogen (secondary N) is 1. The van der Waals surface area contributed by atoms with Crippen LogP contribution in [0.1, 0.15) is 34.3 Å². The molecule has 1 N–H and O–H groups in total. The molecular weight excluding hydrogens is 308 g/mol. The molecule has 0 bridgehead atoms. The zero-order valence-corrected chi connectivity index (χ0v) is 14.2. The number of carbonyl (C=O) groups excluding carboxylic acids is 1. The van der Waals surface area contributed by atoms with Gasteiger partial charge in [-0.3, -0.25) is 4.79 Å². The highest BCUT2D eigenvalue weighted by atomic mass is 16.5. The van der Waals surface area contributed by atoms with Crippen molar-refractivity contribution in [1.29, 1.82) is 0 Å². The number of aromatic nitrogens is 2. The van der Waals surface area contributed by atoms with Crippen LogP contribution in [-0.2, 0) is 11.3 Å². The first-order valence-electron chi connectivity index (χ1n) is 8.07. The molecule has 2 aromatic rings. The van der Waals surface area contributed by atoms with Crippen LogP contribution in [0.25, 0.3) is 0 Å². The molecule has 0 aromatic carbocycles. The summed E-state index contributed by atoms with van der Waals surface area (Å²) in [6, 6.07) is 3.96.